The first kappa shape index (κ1) is 23.1. The minimum atomic E-state index is -4.58. The number of pyridine rings is 1. The highest BCUT2D eigenvalue weighted by atomic mass is 19.4. The van der Waals surface area contributed by atoms with Gasteiger partial charge >= 0.3 is 6.18 Å². The van der Waals surface area contributed by atoms with Gasteiger partial charge in [0.05, 0.1) is 0 Å². The fourth-order valence-corrected chi connectivity index (χ4v) is 3.23. The molecule has 170 valence electrons. The third-order valence-electron chi connectivity index (χ3n) is 4.72. The number of nitrogen functional groups attached to an aromatic ring is 1. The highest BCUT2D eigenvalue weighted by Crippen LogP contribution is 2.30. The van der Waals surface area contributed by atoms with E-state index in [1.807, 2.05) is 13.8 Å². The first-order chi connectivity index (χ1) is 15.0. The van der Waals surface area contributed by atoms with E-state index in [0.29, 0.717) is 16.8 Å². The molecule has 11 heteroatoms. The Hall–Kier alpha value is -3.60. The van der Waals surface area contributed by atoms with Crippen LogP contribution in [0.4, 0.5) is 24.7 Å². The quantitative estimate of drug-likeness (QED) is 0.411. The van der Waals surface area contributed by atoms with Crippen molar-refractivity contribution in [1.29, 1.82) is 0 Å². The Morgan fingerprint density at radius 3 is 2.44 bits per heavy atom. The van der Waals surface area contributed by atoms with Gasteiger partial charge < -0.3 is 21.9 Å². The second-order valence-electron chi connectivity index (χ2n) is 7.50. The van der Waals surface area contributed by atoms with Crippen molar-refractivity contribution >= 4 is 17.4 Å². The van der Waals surface area contributed by atoms with Crippen LogP contribution in [0.1, 0.15) is 41.5 Å². The molecule has 0 aliphatic heterocycles. The predicted molar refractivity (Wildman–Crippen MR) is 114 cm³/mol. The fraction of sp³-hybridized carbons (Fsp3) is 0.286. The zero-order chi connectivity index (χ0) is 23.6. The molecule has 0 saturated carbocycles. The standard InChI is InChI=1S/C21H23F3N6O2/c1-11(2)30-19(25)17(20(26)32)18(29-30)13-5-3-12(4-6-13)9-16(31)28-14-7-8-27-15(10-14)21(22,23)24/h3-8,10-11,16,31H,9,25H2,1-2H3,(H2,26,32)(H,27,28). The number of anilines is 2. The second kappa shape index (κ2) is 8.87. The van der Waals surface area contributed by atoms with Crippen molar-refractivity contribution in [2.24, 2.45) is 5.73 Å². The number of halogens is 3. The number of rotatable bonds is 7. The zero-order valence-electron chi connectivity index (χ0n) is 17.4. The Morgan fingerprint density at radius 2 is 1.88 bits per heavy atom. The van der Waals surface area contributed by atoms with Crippen LogP contribution in [-0.2, 0) is 12.6 Å². The van der Waals surface area contributed by atoms with Crippen LogP contribution in [-0.4, -0.2) is 32.0 Å². The summed E-state index contributed by atoms with van der Waals surface area (Å²) in [5.74, 6) is -0.509. The van der Waals surface area contributed by atoms with Crippen LogP contribution < -0.4 is 16.8 Å². The average molecular weight is 448 g/mol. The maximum Gasteiger partial charge on any atom is 0.433 e. The van der Waals surface area contributed by atoms with Gasteiger partial charge in [-0.25, -0.2) is 4.68 Å². The molecule has 0 fully saturated rings. The van der Waals surface area contributed by atoms with Crippen molar-refractivity contribution in [3.63, 3.8) is 0 Å². The van der Waals surface area contributed by atoms with Gasteiger partial charge in [0.1, 0.15) is 29.0 Å². The Balaban J connectivity index is 1.76. The number of nitrogens with two attached hydrogens (primary N) is 2. The van der Waals surface area contributed by atoms with Crippen LogP contribution in [0.15, 0.2) is 42.6 Å². The summed E-state index contributed by atoms with van der Waals surface area (Å²) in [6, 6.07) is 8.92. The third kappa shape index (κ3) is 4.99. The molecule has 32 heavy (non-hydrogen) atoms. The summed E-state index contributed by atoms with van der Waals surface area (Å²) in [5, 5.41) is 17.3. The highest BCUT2D eigenvalue weighted by Gasteiger charge is 2.32. The first-order valence-corrected chi connectivity index (χ1v) is 9.72. The predicted octanol–water partition coefficient (Wildman–Crippen LogP) is 3.20. The van der Waals surface area contributed by atoms with Crippen molar-refractivity contribution in [3.05, 3.63) is 59.4 Å². The number of aliphatic hydroxyl groups excluding tert-OH is 1. The van der Waals surface area contributed by atoms with Crippen LogP contribution in [0.3, 0.4) is 0 Å². The van der Waals surface area contributed by atoms with Gasteiger partial charge in [-0.1, -0.05) is 24.3 Å². The number of hydrogen-bond donors (Lipinski definition) is 4. The number of aromatic nitrogens is 3. The van der Waals surface area contributed by atoms with E-state index in [1.165, 1.54) is 10.7 Å². The van der Waals surface area contributed by atoms with Gasteiger partial charge in [-0.05, 0) is 31.5 Å². The number of aliphatic hydroxyl groups is 1. The maximum atomic E-state index is 12.8. The number of nitrogens with zero attached hydrogens (tertiary/aromatic N) is 3. The molecule has 3 rings (SSSR count). The molecule has 3 aromatic rings. The lowest BCUT2D eigenvalue weighted by molar-refractivity contribution is -0.141. The average Bonchev–Trinajstić information content (AvgIpc) is 3.05. The SMILES string of the molecule is CC(C)n1nc(-c2ccc(CC(O)Nc3ccnc(C(F)(F)F)c3)cc2)c(C(N)=O)c1N. The van der Waals surface area contributed by atoms with E-state index in [1.54, 1.807) is 24.3 Å². The molecular formula is C21H23F3N6O2. The highest BCUT2D eigenvalue weighted by molar-refractivity contribution is 6.03. The number of benzene rings is 1. The van der Waals surface area contributed by atoms with Crippen molar-refractivity contribution in [2.75, 3.05) is 11.1 Å². The molecule has 0 aliphatic rings. The lowest BCUT2D eigenvalue weighted by Gasteiger charge is -2.15. The molecule has 2 aromatic heterocycles. The van der Waals surface area contributed by atoms with E-state index < -0.39 is 24.0 Å². The monoisotopic (exact) mass is 448 g/mol. The topological polar surface area (TPSA) is 132 Å². The van der Waals surface area contributed by atoms with E-state index in [4.69, 9.17) is 11.5 Å². The number of carbonyl (C=O) groups is 1. The van der Waals surface area contributed by atoms with Gasteiger partial charge in [-0.15, -0.1) is 0 Å². The molecule has 0 spiro atoms. The smallest absolute Gasteiger partial charge is 0.383 e. The van der Waals surface area contributed by atoms with E-state index in [9.17, 15) is 23.1 Å². The largest absolute Gasteiger partial charge is 0.433 e. The van der Waals surface area contributed by atoms with E-state index in [2.05, 4.69) is 15.4 Å². The molecule has 0 bridgehead atoms. The summed E-state index contributed by atoms with van der Waals surface area (Å²) in [5.41, 5.74) is 12.4. The number of nitrogens with one attached hydrogen (secondary N) is 1. The molecule has 0 radical (unpaired) electrons. The molecule has 1 unspecified atom stereocenters. The van der Waals surface area contributed by atoms with Crippen molar-refractivity contribution in [3.8, 4) is 11.3 Å². The van der Waals surface area contributed by atoms with Gasteiger partial charge in [-0.2, -0.15) is 18.3 Å². The number of carbonyl (C=O) groups excluding carboxylic acids is 1. The Labute approximate surface area is 182 Å². The zero-order valence-corrected chi connectivity index (χ0v) is 17.4. The Morgan fingerprint density at radius 1 is 1.22 bits per heavy atom. The third-order valence-corrected chi connectivity index (χ3v) is 4.72. The number of primary amides is 1. The maximum absolute atomic E-state index is 12.8. The van der Waals surface area contributed by atoms with Crippen LogP contribution in [0.25, 0.3) is 11.3 Å². The lowest BCUT2D eigenvalue weighted by atomic mass is 10.0. The first-order valence-electron chi connectivity index (χ1n) is 9.72. The summed E-state index contributed by atoms with van der Waals surface area (Å²) in [4.78, 5) is 15.2. The molecule has 0 saturated heterocycles. The second-order valence-corrected chi connectivity index (χ2v) is 7.50. The molecule has 8 nitrogen and oxygen atoms in total. The van der Waals surface area contributed by atoms with Crippen molar-refractivity contribution < 1.29 is 23.1 Å². The van der Waals surface area contributed by atoms with Gasteiger partial charge in [0, 0.05) is 29.9 Å². The Bertz CT molecular complexity index is 1110. The summed E-state index contributed by atoms with van der Waals surface area (Å²) in [6.07, 6.45) is -4.57. The number of alkyl halides is 3. The van der Waals surface area contributed by atoms with E-state index in [0.717, 1.165) is 12.3 Å². The molecule has 1 amide bonds. The minimum absolute atomic E-state index is 0.0756. The normalized spacial score (nSPS) is 12.7. The number of hydrogen-bond acceptors (Lipinski definition) is 6. The Kier molecular flexibility index (Phi) is 6.40. The van der Waals surface area contributed by atoms with Gasteiger partial charge in [0.15, 0.2) is 0 Å². The summed E-state index contributed by atoms with van der Waals surface area (Å²) >= 11 is 0. The van der Waals surface area contributed by atoms with Crippen molar-refractivity contribution in [1.82, 2.24) is 14.8 Å². The van der Waals surface area contributed by atoms with E-state index >= 15 is 0 Å². The van der Waals surface area contributed by atoms with E-state index in [-0.39, 0.29) is 29.5 Å². The molecule has 2 heterocycles. The van der Waals surface area contributed by atoms with Crippen molar-refractivity contribution in [2.45, 2.75) is 38.7 Å². The lowest BCUT2D eigenvalue weighted by Crippen LogP contribution is -2.22. The van der Waals surface area contributed by atoms with Gasteiger partial charge in [0.2, 0.25) is 0 Å². The molecule has 1 aromatic carbocycles. The summed E-state index contributed by atoms with van der Waals surface area (Å²) in [7, 11) is 0. The van der Waals surface area contributed by atoms with Gasteiger partial charge in [-0.3, -0.25) is 9.78 Å². The molecule has 1 atom stereocenters. The summed E-state index contributed by atoms with van der Waals surface area (Å²) in [6.45, 7) is 3.74. The molecule has 6 N–H and O–H groups in total. The minimum Gasteiger partial charge on any atom is -0.383 e. The molecule has 0 aliphatic carbocycles. The van der Waals surface area contributed by atoms with Gasteiger partial charge in [0.25, 0.3) is 5.91 Å². The van der Waals surface area contributed by atoms with Crippen LogP contribution in [0.5, 0.6) is 0 Å². The van der Waals surface area contributed by atoms with Crippen LogP contribution in [0, 0.1) is 0 Å². The van der Waals surface area contributed by atoms with Crippen LogP contribution in [0.2, 0.25) is 0 Å². The summed E-state index contributed by atoms with van der Waals surface area (Å²) < 4.78 is 39.9. The van der Waals surface area contributed by atoms with Crippen LogP contribution >= 0.6 is 0 Å². The molecular weight excluding hydrogens is 425 g/mol. The fourth-order valence-electron chi connectivity index (χ4n) is 3.23. The number of amides is 1.